The quantitative estimate of drug-likeness (QED) is 0.766. The Bertz CT molecular complexity index is 486. The molecule has 1 spiro atoms. The van der Waals surface area contributed by atoms with Crippen LogP contribution >= 0.6 is 23.4 Å². The van der Waals surface area contributed by atoms with Gasteiger partial charge in [0.15, 0.2) is 0 Å². The zero-order valence-electron chi connectivity index (χ0n) is 11.9. The molecule has 2 saturated heterocycles. The molecule has 2 aliphatic rings. The van der Waals surface area contributed by atoms with E-state index in [1.807, 2.05) is 17.8 Å². The Morgan fingerprint density at radius 2 is 2.14 bits per heavy atom. The van der Waals surface area contributed by atoms with Crippen LogP contribution in [-0.4, -0.2) is 29.8 Å². The van der Waals surface area contributed by atoms with Crippen molar-refractivity contribution in [2.75, 3.05) is 18.1 Å². The largest absolute Gasteiger partial charge is 0.490 e. The maximum atomic E-state index is 13.6. The molecule has 0 radical (unpaired) electrons. The van der Waals surface area contributed by atoms with Crippen molar-refractivity contribution >= 4 is 23.4 Å². The van der Waals surface area contributed by atoms with E-state index in [4.69, 9.17) is 21.1 Å². The lowest BCUT2D eigenvalue weighted by Gasteiger charge is -2.43. The Morgan fingerprint density at radius 3 is 2.90 bits per heavy atom. The molecule has 0 bridgehead atoms. The summed E-state index contributed by atoms with van der Waals surface area (Å²) >= 11 is 7.78. The Hall–Kier alpha value is -0.450. The summed E-state index contributed by atoms with van der Waals surface area (Å²) in [5, 5.41) is 0. The van der Waals surface area contributed by atoms with E-state index in [9.17, 15) is 4.39 Å². The monoisotopic (exact) mass is 330 g/mol. The van der Waals surface area contributed by atoms with Gasteiger partial charge in [-0.1, -0.05) is 0 Å². The summed E-state index contributed by atoms with van der Waals surface area (Å²) in [6.45, 7) is 0.729. The van der Waals surface area contributed by atoms with Crippen molar-refractivity contribution in [2.24, 2.45) is 0 Å². The first-order valence-electron chi connectivity index (χ1n) is 7.43. The van der Waals surface area contributed by atoms with Crippen molar-refractivity contribution in [3.05, 3.63) is 29.6 Å². The van der Waals surface area contributed by atoms with Gasteiger partial charge in [-0.05, 0) is 42.0 Å². The molecule has 2 aliphatic heterocycles. The van der Waals surface area contributed by atoms with E-state index in [0.717, 1.165) is 49.4 Å². The topological polar surface area (TPSA) is 18.5 Å². The van der Waals surface area contributed by atoms with Crippen LogP contribution < -0.4 is 4.74 Å². The van der Waals surface area contributed by atoms with Crippen LogP contribution in [0.25, 0.3) is 0 Å². The lowest BCUT2D eigenvalue weighted by Crippen LogP contribution is -2.46. The van der Waals surface area contributed by atoms with Crippen molar-refractivity contribution in [3.63, 3.8) is 0 Å². The normalized spacial score (nSPS) is 25.0. The van der Waals surface area contributed by atoms with E-state index < -0.39 is 0 Å². The average Bonchev–Trinajstić information content (AvgIpc) is 2.47. The van der Waals surface area contributed by atoms with E-state index in [1.54, 1.807) is 0 Å². The fourth-order valence-corrected chi connectivity index (χ4v) is 4.52. The van der Waals surface area contributed by atoms with Crippen LogP contribution in [0, 0.1) is 5.82 Å². The van der Waals surface area contributed by atoms with E-state index in [0.29, 0.717) is 11.6 Å². The smallest absolute Gasteiger partial charge is 0.127 e. The third kappa shape index (κ3) is 3.85. The van der Waals surface area contributed by atoms with Gasteiger partial charge in [0.1, 0.15) is 17.7 Å². The Morgan fingerprint density at radius 1 is 1.33 bits per heavy atom. The Balaban J connectivity index is 1.68. The van der Waals surface area contributed by atoms with Gasteiger partial charge in [0.05, 0.1) is 12.2 Å². The molecule has 0 saturated carbocycles. The highest BCUT2D eigenvalue weighted by molar-refractivity contribution is 7.99. The Kier molecular flexibility index (Phi) is 4.97. The minimum absolute atomic E-state index is 0.0171. The van der Waals surface area contributed by atoms with E-state index >= 15 is 0 Å². The molecular formula is C16H20ClFO2S. The number of hydrogen-bond acceptors (Lipinski definition) is 3. The Labute approximate surface area is 134 Å². The van der Waals surface area contributed by atoms with Crippen LogP contribution in [0.3, 0.4) is 0 Å². The molecule has 3 rings (SSSR count). The molecule has 116 valence electrons. The number of alkyl halides is 1. The number of benzene rings is 1. The fraction of sp³-hybridized carbons (Fsp3) is 0.625. The summed E-state index contributed by atoms with van der Waals surface area (Å²) in [6, 6.07) is 4.72. The molecule has 0 aliphatic carbocycles. The molecule has 0 amide bonds. The first-order valence-corrected chi connectivity index (χ1v) is 9.12. The summed E-state index contributed by atoms with van der Waals surface area (Å²) in [5.41, 5.74) is 0.735. The highest BCUT2D eigenvalue weighted by Crippen LogP contribution is 2.38. The number of hydrogen-bond donors (Lipinski definition) is 0. The zero-order valence-corrected chi connectivity index (χ0v) is 13.5. The molecule has 0 aromatic heterocycles. The molecule has 1 aromatic carbocycles. The van der Waals surface area contributed by atoms with Gasteiger partial charge in [0, 0.05) is 24.8 Å². The molecule has 2 heterocycles. The van der Waals surface area contributed by atoms with E-state index in [-0.39, 0.29) is 17.5 Å². The van der Waals surface area contributed by atoms with Crippen LogP contribution in [0.4, 0.5) is 4.39 Å². The van der Waals surface area contributed by atoms with Crippen LogP contribution in [0.1, 0.15) is 31.2 Å². The van der Waals surface area contributed by atoms with Crippen LogP contribution in [-0.2, 0) is 10.6 Å². The minimum Gasteiger partial charge on any atom is -0.490 e. The SMILES string of the molecule is Fc1cc(CCl)cc(OC2CCOC3(CCSCC3)C2)c1. The second-order valence-electron chi connectivity index (χ2n) is 5.81. The fourth-order valence-electron chi connectivity index (χ4n) is 3.13. The molecular weight excluding hydrogens is 311 g/mol. The first-order chi connectivity index (χ1) is 10.2. The third-order valence-corrected chi connectivity index (χ3v) is 5.53. The van der Waals surface area contributed by atoms with Crippen molar-refractivity contribution in [1.29, 1.82) is 0 Å². The predicted octanol–water partition coefficient (Wildman–Crippen LogP) is 4.39. The molecule has 2 fully saturated rings. The number of thioether (sulfide) groups is 1. The van der Waals surface area contributed by atoms with Gasteiger partial charge < -0.3 is 9.47 Å². The predicted molar refractivity (Wildman–Crippen MR) is 84.8 cm³/mol. The number of rotatable bonds is 3. The summed E-state index contributed by atoms with van der Waals surface area (Å²) in [6.07, 6.45) is 4.05. The van der Waals surface area contributed by atoms with E-state index in [2.05, 4.69) is 0 Å². The second-order valence-corrected chi connectivity index (χ2v) is 7.30. The van der Waals surface area contributed by atoms with Crippen molar-refractivity contribution in [3.8, 4) is 5.75 Å². The van der Waals surface area contributed by atoms with Crippen molar-refractivity contribution in [2.45, 2.75) is 43.3 Å². The molecule has 1 atom stereocenters. The zero-order chi connectivity index (χ0) is 14.7. The summed E-state index contributed by atoms with van der Waals surface area (Å²) < 4.78 is 25.6. The maximum absolute atomic E-state index is 13.6. The second kappa shape index (κ2) is 6.76. The third-order valence-electron chi connectivity index (χ3n) is 4.24. The van der Waals surface area contributed by atoms with Gasteiger partial charge in [-0.2, -0.15) is 11.8 Å². The number of halogens is 2. The lowest BCUT2D eigenvalue weighted by atomic mass is 9.86. The molecule has 5 heteroatoms. The van der Waals surface area contributed by atoms with Crippen molar-refractivity contribution in [1.82, 2.24) is 0 Å². The highest BCUT2D eigenvalue weighted by Gasteiger charge is 2.39. The summed E-state index contributed by atoms with van der Waals surface area (Å²) in [5.74, 6) is 2.90. The van der Waals surface area contributed by atoms with Gasteiger partial charge in [-0.15, -0.1) is 11.6 Å². The van der Waals surface area contributed by atoms with Crippen LogP contribution in [0.15, 0.2) is 18.2 Å². The molecule has 1 aromatic rings. The van der Waals surface area contributed by atoms with Gasteiger partial charge in [0.25, 0.3) is 0 Å². The summed E-state index contributed by atoms with van der Waals surface area (Å²) in [7, 11) is 0. The standard InChI is InChI=1S/C16H20ClFO2S/c17-11-12-7-13(18)9-15(8-12)20-14-1-4-19-16(10-14)2-5-21-6-3-16/h7-9,14H,1-6,10-11H2. The van der Waals surface area contributed by atoms with Crippen LogP contribution in [0.5, 0.6) is 5.75 Å². The van der Waals surface area contributed by atoms with Gasteiger partial charge in [0.2, 0.25) is 0 Å². The molecule has 21 heavy (non-hydrogen) atoms. The maximum Gasteiger partial charge on any atom is 0.127 e. The highest BCUT2D eigenvalue weighted by atomic mass is 35.5. The van der Waals surface area contributed by atoms with Gasteiger partial charge in [-0.25, -0.2) is 4.39 Å². The average molecular weight is 331 g/mol. The lowest BCUT2D eigenvalue weighted by molar-refractivity contribution is -0.116. The molecule has 0 N–H and O–H groups in total. The first kappa shape index (κ1) is 15.4. The minimum atomic E-state index is -0.293. The van der Waals surface area contributed by atoms with Gasteiger partial charge in [-0.3, -0.25) is 0 Å². The molecule has 2 nitrogen and oxygen atoms in total. The molecule has 1 unspecified atom stereocenters. The van der Waals surface area contributed by atoms with Crippen LogP contribution in [0.2, 0.25) is 0 Å². The van der Waals surface area contributed by atoms with E-state index in [1.165, 1.54) is 12.1 Å². The number of ether oxygens (including phenoxy) is 2. The van der Waals surface area contributed by atoms with Gasteiger partial charge >= 0.3 is 0 Å². The summed E-state index contributed by atoms with van der Waals surface area (Å²) in [4.78, 5) is 0. The van der Waals surface area contributed by atoms with Crippen molar-refractivity contribution < 1.29 is 13.9 Å².